The number of ether oxygens (including phenoxy) is 1. The first-order chi connectivity index (χ1) is 7.71. The minimum absolute atomic E-state index is 0.171. The zero-order valence-corrected chi connectivity index (χ0v) is 8.98. The fraction of sp³-hybridized carbons (Fsp3) is 0.455. The Morgan fingerprint density at radius 2 is 2.50 bits per heavy atom. The number of hydrogen-bond acceptors (Lipinski definition) is 4. The third-order valence-corrected chi connectivity index (χ3v) is 2.66. The lowest BCUT2D eigenvalue weighted by atomic mass is 9.99. The molecule has 2 heterocycles. The van der Waals surface area contributed by atoms with Crippen LogP contribution < -0.4 is 11.1 Å². The molecule has 1 amide bonds. The minimum Gasteiger partial charge on any atom is -0.379 e. The Balaban J connectivity index is 1.89. The topological polar surface area (TPSA) is 77.2 Å². The van der Waals surface area contributed by atoms with Gasteiger partial charge in [-0.05, 0) is 18.6 Å². The average Bonchev–Trinajstić information content (AvgIpc) is 2.76. The van der Waals surface area contributed by atoms with Crippen LogP contribution in [0.4, 0.5) is 0 Å². The van der Waals surface area contributed by atoms with Crippen molar-refractivity contribution in [2.45, 2.75) is 18.5 Å². The summed E-state index contributed by atoms with van der Waals surface area (Å²) in [6.45, 7) is 1.24. The average molecular weight is 221 g/mol. The summed E-state index contributed by atoms with van der Waals surface area (Å²) in [5, 5.41) is 2.77. The second-order valence-corrected chi connectivity index (χ2v) is 3.96. The molecular formula is C11H15N3O2. The van der Waals surface area contributed by atoms with Crippen molar-refractivity contribution >= 4 is 5.91 Å². The SMILES string of the molecule is NC1(C(=O)NCc2ccccn2)CCOC1. The van der Waals surface area contributed by atoms with Gasteiger partial charge in [0.2, 0.25) is 5.91 Å². The summed E-state index contributed by atoms with van der Waals surface area (Å²) >= 11 is 0. The van der Waals surface area contributed by atoms with Gasteiger partial charge in [-0.15, -0.1) is 0 Å². The maximum Gasteiger partial charge on any atom is 0.242 e. The molecule has 1 saturated heterocycles. The molecule has 16 heavy (non-hydrogen) atoms. The highest BCUT2D eigenvalue weighted by atomic mass is 16.5. The number of nitrogens with zero attached hydrogens (tertiary/aromatic N) is 1. The van der Waals surface area contributed by atoms with Crippen LogP contribution in [-0.4, -0.2) is 29.6 Å². The first-order valence-corrected chi connectivity index (χ1v) is 5.25. The molecule has 5 heteroatoms. The van der Waals surface area contributed by atoms with Crippen LogP contribution in [0.25, 0.3) is 0 Å². The Bertz CT molecular complexity index is 361. The fourth-order valence-corrected chi connectivity index (χ4v) is 1.61. The maximum absolute atomic E-state index is 11.8. The number of nitrogens with one attached hydrogen (secondary N) is 1. The van der Waals surface area contributed by atoms with Crippen molar-refractivity contribution in [3.63, 3.8) is 0 Å². The fourth-order valence-electron chi connectivity index (χ4n) is 1.61. The van der Waals surface area contributed by atoms with E-state index >= 15 is 0 Å². The Morgan fingerprint density at radius 3 is 3.12 bits per heavy atom. The molecular weight excluding hydrogens is 206 g/mol. The van der Waals surface area contributed by atoms with Crippen molar-refractivity contribution in [3.05, 3.63) is 30.1 Å². The number of aromatic nitrogens is 1. The maximum atomic E-state index is 11.8. The van der Waals surface area contributed by atoms with Crippen LogP contribution in [0.2, 0.25) is 0 Å². The lowest BCUT2D eigenvalue weighted by Crippen LogP contribution is -2.54. The Labute approximate surface area is 94.0 Å². The summed E-state index contributed by atoms with van der Waals surface area (Å²) in [6, 6.07) is 5.57. The second-order valence-electron chi connectivity index (χ2n) is 3.96. The van der Waals surface area contributed by atoms with Gasteiger partial charge in [-0.1, -0.05) is 6.07 Å². The smallest absolute Gasteiger partial charge is 0.242 e. The van der Waals surface area contributed by atoms with Gasteiger partial charge in [-0.2, -0.15) is 0 Å². The molecule has 1 atom stereocenters. The molecule has 0 aliphatic carbocycles. The van der Waals surface area contributed by atoms with E-state index in [-0.39, 0.29) is 5.91 Å². The lowest BCUT2D eigenvalue weighted by Gasteiger charge is -2.20. The van der Waals surface area contributed by atoms with Gasteiger partial charge in [0.15, 0.2) is 0 Å². The highest BCUT2D eigenvalue weighted by Crippen LogP contribution is 2.15. The molecule has 1 aromatic heterocycles. The Morgan fingerprint density at radius 1 is 1.62 bits per heavy atom. The number of rotatable bonds is 3. The standard InChI is InChI=1S/C11H15N3O2/c12-11(4-6-16-8-11)10(15)14-7-9-3-1-2-5-13-9/h1-3,5H,4,6-8,12H2,(H,14,15). The molecule has 1 fully saturated rings. The summed E-state index contributed by atoms with van der Waals surface area (Å²) in [5.74, 6) is -0.171. The number of amides is 1. The van der Waals surface area contributed by atoms with Crippen LogP contribution in [0.15, 0.2) is 24.4 Å². The van der Waals surface area contributed by atoms with Crippen molar-refractivity contribution in [2.75, 3.05) is 13.2 Å². The number of carbonyl (C=O) groups excluding carboxylic acids is 1. The zero-order valence-electron chi connectivity index (χ0n) is 8.98. The highest BCUT2D eigenvalue weighted by Gasteiger charge is 2.37. The van der Waals surface area contributed by atoms with Gasteiger partial charge in [0.1, 0.15) is 5.54 Å². The second kappa shape index (κ2) is 4.59. The van der Waals surface area contributed by atoms with E-state index in [4.69, 9.17) is 10.5 Å². The van der Waals surface area contributed by atoms with Crippen LogP contribution in [0.5, 0.6) is 0 Å². The van der Waals surface area contributed by atoms with Gasteiger partial charge in [-0.3, -0.25) is 9.78 Å². The summed E-state index contributed by atoms with van der Waals surface area (Å²) in [6.07, 6.45) is 2.26. The van der Waals surface area contributed by atoms with E-state index in [0.29, 0.717) is 26.2 Å². The van der Waals surface area contributed by atoms with E-state index in [0.717, 1.165) is 5.69 Å². The zero-order chi connectivity index (χ0) is 11.4. The van der Waals surface area contributed by atoms with E-state index in [1.54, 1.807) is 6.20 Å². The third-order valence-electron chi connectivity index (χ3n) is 2.66. The molecule has 0 saturated carbocycles. The van der Waals surface area contributed by atoms with Gasteiger partial charge in [-0.25, -0.2) is 0 Å². The van der Waals surface area contributed by atoms with E-state index in [1.165, 1.54) is 0 Å². The van der Waals surface area contributed by atoms with E-state index in [9.17, 15) is 4.79 Å². The predicted molar refractivity (Wildman–Crippen MR) is 58.4 cm³/mol. The first kappa shape index (κ1) is 11.0. The van der Waals surface area contributed by atoms with Gasteiger partial charge in [0.05, 0.1) is 18.8 Å². The van der Waals surface area contributed by atoms with Crippen molar-refractivity contribution in [1.29, 1.82) is 0 Å². The lowest BCUT2D eigenvalue weighted by molar-refractivity contribution is -0.126. The largest absolute Gasteiger partial charge is 0.379 e. The number of nitrogens with two attached hydrogens (primary N) is 1. The summed E-state index contributed by atoms with van der Waals surface area (Å²) in [4.78, 5) is 15.9. The van der Waals surface area contributed by atoms with E-state index < -0.39 is 5.54 Å². The molecule has 3 N–H and O–H groups in total. The summed E-state index contributed by atoms with van der Waals surface area (Å²) in [5.41, 5.74) is 5.86. The summed E-state index contributed by atoms with van der Waals surface area (Å²) in [7, 11) is 0. The van der Waals surface area contributed by atoms with Crippen LogP contribution in [0.1, 0.15) is 12.1 Å². The van der Waals surface area contributed by atoms with Gasteiger partial charge < -0.3 is 15.8 Å². The number of pyridine rings is 1. The van der Waals surface area contributed by atoms with E-state index in [1.807, 2.05) is 18.2 Å². The Kier molecular flexibility index (Phi) is 3.17. The van der Waals surface area contributed by atoms with E-state index in [2.05, 4.69) is 10.3 Å². The molecule has 0 radical (unpaired) electrons. The minimum atomic E-state index is -0.866. The molecule has 1 aliphatic rings. The van der Waals surface area contributed by atoms with Crippen molar-refractivity contribution in [2.24, 2.45) is 5.73 Å². The van der Waals surface area contributed by atoms with Crippen LogP contribution >= 0.6 is 0 Å². The number of carbonyl (C=O) groups is 1. The first-order valence-electron chi connectivity index (χ1n) is 5.25. The Hall–Kier alpha value is -1.46. The molecule has 0 bridgehead atoms. The molecule has 0 aromatic carbocycles. The van der Waals surface area contributed by atoms with Crippen molar-refractivity contribution < 1.29 is 9.53 Å². The van der Waals surface area contributed by atoms with Crippen LogP contribution in [0.3, 0.4) is 0 Å². The van der Waals surface area contributed by atoms with Crippen LogP contribution in [-0.2, 0) is 16.1 Å². The van der Waals surface area contributed by atoms with Crippen molar-refractivity contribution in [3.8, 4) is 0 Å². The van der Waals surface area contributed by atoms with Crippen molar-refractivity contribution in [1.82, 2.24) is 10.3 Å². The highest BCUT2D eigenvalue weighted by molar-refractivity contribution is 5.86. The van der Waals surface area contributed by atoms with Gasteiger partial charge >= 0.3 is 0 Å². The van der Waals surface area contributed by atoms with Gasteiger partial charge in [0, 0.05) is 12.8 Å². The molecule has 5 nitrogen and oxygen atoms in total. The quantitative estimate of drug-likeness (QED) is 0.742. The monoisotopic (exact) mass is 221 g/mol. The molecule has 1 aliphatic heterocycles. The number of hydrogen-bond donors (Lipinski definition) is 2. The van der Waals surface area contributed by atoms with Crippen LogP contribution in [0, 0.1) is 0 Å². The predicted octanol–water partition coefficient (Wildman–Crippen LogP) is -0.184. The molecule has 86 valence electrons. The summed E-state index contributed by atoms with van der Waals surface area (Å²) < 4.78 is 5.13. The normalized spacial score (nSPS) is 24.3. The molecule has 1 aromatic rings. The molecule has 2 rings (SSSR count). The molecule has 0 spiro atoms. The third kappa shape index (κ3) is 2.37. The van der Waals surface area contributed by atoms with Gasteiger partial charge in [0.25, 0.3) is 0 Å². The molecule has 1 unspecified atom stereocenters.